The van der Waals surface area contributed by atoms with Crippen LogP contribution in [0.2, 0.25) is 0 Å². The van der Waals surface area contributed by atoms with Crippen LogP contribution in [0.15, 0.2) is 29.4 Å². The lowest BCUT2D eigenvalue weighted by Crippen LogP contribution is -2.40. The number of piperidine rings is 1. The number of aliphatic hydroxyl groups is 1. The lowest BCUT2D eigenvalue weighted by molar-refractivity contribution is -0.385. The molecule has 1 aliphatic heterocycles. The third-order valence-electron chi connectivity index (χ3n) is 3.80. The Labute approximate surface area is 159 Å². The first kappa shape index (κ1) is 23.4. The summed E-state index contributed by atoms with van der Waals surface area (Å²) in [4.78, 5) is 17.6. The van der Waals surface area contributed by atoms with Gasteiger partial charge < -0.3 is 15.7 Å². The number of para-hydroxylation sites is 1. The second kappa shape index (κ2) is 11.9. The van der Waals surface area contributed by atoms with Gasteiger partial charge in [-0.1, -0.05) is 17.3 Å². The van der Waals surface area contributed by atoms with Crippen LogP contribution in [-0.4, -0.2) is 46.7 Å². The van der Waals surface area contributed by atoms with E-state index in [9.17, 15) is 15.2 Å². The Bertz CT molecular complexity index is 574. The summed E-state index contributed by atoms with van der Waals surface area (Å²) in [6.45, 7) is 1.95. The first-order valence-electron chi connectivity index (χ1n) is 7.71. The molecule has 0 amide bonds. The zero-order chi connectivity index (χ0) is 16.7. The lowest BCUT2D eigenvalue weighted by Gasteiger charge is -2.31. The molecule has 0 radical (unpaired) electrons. The molecule has 10 heteroatoms. The van der Waals surface area contributed by atoms with E-state index in [2.05, 4.69) is 5.16 Å². The second-order valence-electron chi connectivity index (χ2n) is 5.45. The first-order valence-corrected chi connectivity index (χ1v) is 7.71. The SMILES string of the molecule is Cl.Cl.NC(=NOCCCN1CCCCC1O)c1ccccc1[N+](=O)[O-]. The molecule has 2 rings (SSSR count). The van der Waals surface area contributed by atoms with Crippen molar-refractivity contribution in [2.24, 2.45) is 10.9 Å². The summed E-state index contributed by atoms with van der Waals surface area (Å²) in [6, 6.07) is 6.13. The molecule has 1 atom stereocenters. The molecule has 0 spiro atoms. The van der Waals surface area contributed by atoms with Gasteiger partial charge in [0.2, 0.25) is 0 Å². The zero-order valence-electron chi connectivity index (χ0n) is 13.7. The minimum atomic E-state index is -0.505. The summed E-state index contributed by atoms with van der Waals surface area (Å²) in [5, 5.41) is 24.5. The number of likely N-dealkylation sites (tertiary alicyclic amines) is 1. The Balaban J connectivity index is 0.00000288. The van der Waals surface area contributed by atoms with Crippen molar-refractivity contribution in [3.05, 3.63) is 39.9 Å². The largest absolute Gasteiger partial charge is 0.394 e. The highest BCUT2D eigenvalue weighted by Crippen LogP contribution is 2.17. The van der Waals surface area contributed by atoms with E-state index in [4.69, 9.17) is 10.6 Å². The number of benzene rings is 1. The summed E-state index contributed by atoms with van der Waals surface area (Å²) in [5.41, 5.74) is 5.89. The molecule has 1 unspecified atom stereocenters. The van der Waals surface area contributed by atoms with Crippen molar-refractivity contribution in [1.29, 1.82) is 0 Å². The lowest BCUT2D eigenvalue weighted by atomic mass is 10.1. The summed E-state index contributed by atoms with van der Waals surface area (Å²) in [6.07, 6.45) is 3.30. The monoisotopic (exact) mass is 394 g/mol. The molecule has 0 aliphatic carbocycles. The third-order valence-corrected chi connectivity index (χ3v) is 3.80. The molecule has 1 fully saturated rings. The van der Waals surface area contributed by atoms with E-state index in [1.54, 1.807) is 12.1 Å². The Morgan fingerprint density at radius 1 is 1.40 bits per heavy atom. The van der Waals surface area contributed by atoms with Crippen molar-refractivity contribution in [2.45, 2.75) is 31.9 Å². The maximum Gasteiger partial charge on any atom is 0.280 e. The molecule has 1 aliphatic rings. The van der Waals surface area contributed by atoms with Crippen molar-refractivity contribution in [3.63, 3.8) is 0 Å². The molecule has 1 saturated heterocycles. The molecule has 0 bridgehead atoms. The minimum Gasteiger partial charge on any atom is -0.394 e. The van der Waals surface area contributed by atoms with Gasteiger partial charge in [0, 0.05) is 19.2 Å². The van der Waals surface area contributed by atoms with Crippen LogP contribution in [0, 0.1) is 10.1 Å². The van der Waals surface area contributed by atoms with Crippen LogP contribution < -0.4 is 5.73 Å². The van der Waals surface area contributed by atoms with Gasteiger partial charge in [-0.05, 0) is 31.7 Å². The molecule has 1 aromatic rings. The van der Waals surface area contributed by atoms with Crippen molar-refractivity contribution in [3.8, 4) is 0 Å². The molecule has 0 aromatic heterocycles. The highest BCUT2D eigenvalue weighted by molar-refractivity contribution is 6.00. The molecular weight excluding hydrogens is 371 g/mol. The number of nitro groups is 1. The maximum atomic E-state index is 10.9. The van der Waals surface area contributed by atoms with Crippen molar-refractivity contribution >= 4 is 36.3 Å². The van der Waals surface area contributed by atoms with Crippen LogP contribution in [-0.2, 0) is 4.84 Å². The number of halogens is 2. The first-order chi connectivity index (χ1) is 11.1. The van der Waals surface area contributed by atoms with E-state index in [-0.39, 0.29) is 48.1 Å². The normalized spacial score (nSPS) is 18.0. The van der Waals surface area contributed by atoms with Crippen LogP contribution in [0.25, 0.3) is 0 Å². The van der Waals surface area contributed by atoms with Crippen molar-refractivity contribution in [2.75, 3.05) is 19.7 Å². The number of nitrogens with zero attached hydrogens (tertiary/aromatic N) is 3. The molecule has 0 saturated carbocycles. The van der Waals surface area contributed by atoms with Crippen molar-refractivity contribution < 1.29 is 14.9 Å². The smallest absolute Gasteiger partial charge is 0.280 e. The summed E-state index contributed by atoms with van der Waals surface area (Å²) in [5.74, 6) is -0.0182. The van der Waals surface area contributed by atoms with E-state index < -0.39 is 4.92 Å². The van der Waals surface area contributed by atoms with E-state index in [0.717, 1.165) is 32.4 Å². The number of aliphatic hydroxyl groups excluding tert-OH is 1. The number of amidine groups is 1. The predicted molar refractivity (Wildman–Crippen MR) is 100 cm³/mol. The Kier molecular flexibility index (Phi) is 11.1. The maximum absolute atomic E-state index is 10.9. The number of rotatable bonds is 7. The molecule has 1 aromatic carbocycles. The molecular formula is C15H24Cl2N4O4. The van der Waals surface area contributed by atoms with Gasteiger partial charge in [0.05, 0.1) is 10.5 Å². The van der Waals surface area contributed by atoms with Gasteiger partial charge in [-0.2, -0.15) is 0 Å². The van der Waals surface area contributed by atoms with Crippen LogP contribution >= 0.6 is 24.8 Å². The minimum absolute atomic E-state index is 0. The van der Waals surface area contributed by atoms with E-state index in [0.29, 0.717) is 13.0 Å². The highest BCUT2D eigenvalue weighted by atomic mass is 35.5. The van der Waals surface area contributed by atoms with E-state index in [1.807, 2.05) is 4.90 Å². The number of oxime groups is 1. The summed E-state index contributed by atoms with van der Waals surface area (Å²) in [7, 11) is 0. The number of nitro benzene ring substituents is 1. The molecule has 8 nitrogen and oxygen atoms in total. The molecule has 25 heavy (non-hydrogen) atoms. The fourth-order valence-corrected chi connectivity index (χ4v) is 2.58. The molecule has 1 heterocycles. The van der Waals surface area contributed by atoms with Gasteiger partial charge >= 0.3 is 0 Å². The third kappa shape index (κ3) is 7.03. The Morgan fingerprint density at radius 3 is 2.80 bits per heavy atom. The highest BCUT2D eigenvalue weighted by Gasteiger charge is 2.19. The number of hydrogen-bond donors (Lipinski definition) is 2. The van der Waals surface area contributed by atoms with Gasteiger partial charge in [-0.25, -0.2) is 0 Å². The average Bonchev–Trinajstić information content (AvgIpc) is 2.56. The van der Waals surface area contributed by atoms with Crippen LogP contribution in [0.5, 0.6) is 0 Å². The summed E-state index contributed by atoms with van der Waals surface area (Å²) >= 11 is 0. The van der Waals surface area contributed by atoms with E-state index in [1.165, 1.54) is 12.1 Å². The Hall–Kier alpha value is -1.61. The van der Waals surface area contributed by atoms with Crippen molar-refractivity contribution in [1.82, 2.24) is 4.90 Å². The average molecular weight is 395 g/mol. The van der Waals surface area contributed by atoms with Crippen LogP contribution in [0.4, 0.5) is 5.69 Å². The van der Waals surface area contributed by atoms with Gasteiger partial charge in [0.25, 0.3) is 5.69 Å². The Morgan fingerprint density at radius 2 is 2.12 bits per heavy atom. The molecule has 3 N–H and O–H groups in total. The van der Waals surface area contributed by atoms with Gasteiger partial charge in [0.15, 0.2) is 5.84 Å². The molecule has 142 valence electrons. The van der Waals surface area contributed by atoms with E-state index >= 15 is 0 Å². The fraction of sp³-hybridized carbons (Fsp3) is 0.533. The quantitative estimate of drug-likeness (QED) is 0.241. The second-order valence-corrected chi connectivity index (χ2v) is 5.45. The predicted octanol–water partition coefficient (Wildman–Crippen LogP) is 2.27. The van der Waals surface area contributed by atoms with Crippen LogP contribution in [0.3, 0.4) is 0 Å². The topological polar surface area (TPSA) is 114 Å². The zero-order valence-corrected chi connectivity index (χ0v) is 15.4. The number of nitrogens with two attached hydrogens (primary N) is 1. The standard InChI is InChI=1S/C15H22N4O4.2ClH/c16-15(12-6-1-2-7-13(12)19(21)22)17-23-11-5-10-18-9-4-3-8-14(18)20;;/h1-2,6-7,14,20H,3-5,8-11H2,(H2,16,17);2*1H. The van der Waals surface area contributed by atoms with Crippen LogP contribution in [0.1, 0.15) is 31.2 Å². The van der Waals surface area contributed by atoms with Gasteiger partial charge in [-0.3, -0.25) is 15.0 Å². The summed E-state index contributed by atoms with van der Waals surface area (Å²) < 4.78 is 0. The number of hydrogen-bond acceptors (Lipinski definition) is 6. The fourth-order valence-electron chi connectivity index (χ4n) is 2.58. The van der Waals surface area contributed by atoms with Gasteiger partial charge in [0.1, 0.15) is 12.8 Å². The van der Waals surface area contributed by atoms with Gasteiger partial charge in [-0.15, -0.1) is 24.8 Å².